The van der Waals surface area contributed by atoms with Crippen molar-refractivity contribution in [2.24, 2.45) is 0 Å². The molecule has 0 radical (unpaired) electrons. The van der Waals surface area contributed by atoms with Gasteiger partial charge in [-0.1, -0.05) is 77.1 Å². The van der Waals surface area contributed by atoms with Crippen LogP contribution in [-0.2, 0) is 11.3 Å². The van der Waals surface area contributed by atoms with Crippen molar-refractivity contribution in [3.8, 4) is 5.69 Å². The Labute approximate surface area is 233 Å². The zero-order valence-corrected chi connectivity index (χ0v) is 23.0. The number of aromatic nitrogens is 5. The number of thioether (sulfide) groups is 2. The lowest BCUT2D eigenvalue weighted by molar-refractivity contribution is -0.113. The van der Waals surface area contributed by atoms with Crippen LogP contribution in [0.1, 0.15) is 23.1 Å². The first kappa shape index (κ1) is 27.3. The van der Waals surface area contributed by atoms with E-state index in [4.69, 9.17) is 23.2 Å². The molecule has 0 aliphatic carbocycles. The third-order valence-electron chi connectivity index (χ3n) is 4.64. The molecule has 0 saturated carbocycles. The van der Waals surface area contributed by atoms with Gasteiger partial charge in [-0.25, -0.2) is 4.39 Å². The van der Waals surface area contributed by atoms with Crippen LogP contribution >= 0.6 is 58.1 Å². The second-order valence-corrected chi connectivity index (χ2v) is 11.4. The number of halogens is 3. The normalized spacial score (nSPS) is 10.9. The minimum absolute atomic E-state index is 0.0108. The fourth-order valence-corrected chi connectivity index (χ4v) is 5.75. The van der Waals surface area contributed by atoms with E-state index < -0.39 is 11.7 Å². The molecule has 9 nitrogen and oxygen atoms in total. The maximum Gasteiger partial charge on any atom is 0.254 e. The molecule has 2 N–H and O–H groups in total. The van der Waals surface area contributed by atoms with Crippen LogP contribution in [0.15, 0.2) is 52.0 Å². The summed E-state index contributed by atoms with van der Waals surface area (Å²) >= 11 is 16.3. The molecule has 2 aromatic carbocycles. The van der Waals surface area contributed by atoms with Gasteiger partial charge in [0, 0.05) is 0 Å². The lowest BCUT2D eigenvalue weighted by Crippen LogP contribution is -2.25. The fraction of sp³-hybridized carbons (Fsp3) is 0.182. The maximum absolute atomic E-state index is 14.0. The van der Waals surface area contributed by atoms with Gasteiger partial charge >= 0.3 is 0 Å². The summed E-state index contributed by atoms with van der Waals surface area (Å²) in [7, 11) is 0. The molecule has 0 atom stereocenters. The summed E-state index contributed by atoms with van der Waals surface area (Å²) in [5.41, 5.74) is 0.481. The number of hydrogen-bond acceptors (Lipinski definition) is 9. The number of hydrogen-bond donors (Lipinski definition) is 2. The highest BCUT2D eigenvalue weighted by atomic mass is 35.5. The summed E-state index contributed by atoms with van der Waals surface area (Å²) in [6.45, 7) is 1.94. The Balaban J connectivity index is 1.51. The van der Waals surface area contributed by atoms with E-state index in [2.05, 4.69) is 31.0 Å². The van der Waals surface area contributed by atoms with Crippen molar-refractivity contribution in [3.63, 3.8) is 0 Å². The minimum atomic E-state index is -0.635. The summed E-state index contributed by atoms with van der Waals surface area (Å²) in [6, 6.07) is 10.6. The molecule has 2 amide bonds. The van der Waals surface area contributed by atoms with E-state index in [1.807, 2.05) is 6.92 Å². The third kappa shape index (κ3) is 6.99. The van der Waals surface area contributed by atoms with Crippen LogP contribution < -0.4 is 10.6 Å². The maximum atomic E-state index is 14.0. The van der Waals surface area contributed by atoms with E-state index >= 15 is 0 Å². The van der Waals surface area contributed by atoms with Crippen molar-refractivity contribution in [2.45, 2.75) is 23.0 Å². The third-order valence-corrected chi connectivity index (χ3v) is 8.16. The predicted molar refractivity (Wildman–Crippen MR) is 145 cm³/mol. The first-order valence-electron chi connectivity index (χ1n) is 10.7. The van der Waals surface area contributed by atoms with Crippen LogP contribution in [0, 0.1) is 5.82 Å². The molecule has 2 aromatic heterocycles. The van der Waals surface area contributed by atoms with E-state index in [-0.39, 0.29) is 23.8 Å². The molecular weight excluding hydrogens is 580 g/mol. The highest BCUT2D eigenvalue weighted by molar-refractivity contribution is 8.01. The molecule has 0 aliphatic rings. The number of benzene rings is 2. The Morgan fingerprint density at radius 3 is 2.62 bits per heavy atom. The quantitative estimate of drug-likeness (QED) is 0.186. The lowest BCUT2D eigenvalue weighted by Gasteiger charge is -2.12. The van der Waals surface area contributed by atoms with E-state index in [9.17, 15) is 14.0 Å². The van der Waals surface area contributed by atoms with Gasteiger partial charge in [-0.15, -0.1) is 20.4 Å². The Kier molecular flexibility index (Phi) is 9.38. The molecule has 0 spiro atoms. The molecule has 37 heavy (non-hydrogen) atoms. The SMILES string of the molecule is CCSc1nnc(NC(=O)CSc2nnc(CNC(=O)c3ccccc3F)n2-c2ccc(Cl)c(Cl)c2)s1. The second-order valence-electron chi connectivity index (χ2n) is 7.14. The summed E-state index contributed by atoms with van der Waals surface area (Å²) in [6.07, 6.45) is 0. The predicted octanol–water partition coefficient (Wildman–Crippen LogP) is 5.34. The molecule has 0 fully saturated rings. The highest BCUT2D eigenvalue weighted by Crippen LogP contribution is 2.29. The topological polar surface area (TPSA) is 115 Å². The van der Waals surface area contributed by atoms with E-state index in [0.29, 0.717) is 31.8 Å². The minimum Gasteiger partial charge on any atom is -0.345 e. The van der Waals surface area contributed by atoms with Gasteiger partial charge in [0.05, 0.1) is 33.6 Å². The number of carbonyl (C=O) groups is 2. The van der Waals surface area contributed by atoms with Gasteiger partial charge in [0.2, 0.25) is 11.0 Å². The van der Waals surface area contributed by atoms with Gasteiger partial charge < -0.3 is 5.32 Å². The number of carbonyl (C=O) groups excluding carboxylic acids is 2. The standard InChI is InChI=1S/C22H18Cl2FN7O2S3/c1-2-35-22-31-29-20(37-22)27-18(33)11-36-21-30-28-17(32(21)12-7-8-14(23)15(24)9-12)10-26-19(34)13-5-3-4-6-16(13)25/h3-9H,2,10-11H2,1H3,(H,26,34)(H,27,29,33). The first-order valence-corrected chi connectivity index (χ1v) is 14.2. The molecule has 2 heterocycles. The Hall–Kier alpha value is -2.71. The molecule has 15 heteroatoms. The zero-order valence-electron chi connectivity index (χ0n) is 19.1. The second kappa shape index (κ2) is 12.7. The van der Waals surface area contributed by atoms with Crippen molar-refractivity contribution < 1.29 is 14.0 Å². The summed E-state index contributed by atoms with van der Waals surface area (Å²) in [4.78, 5) is 25.0. The smallest absolute Gasteiger partial charge is 0.254 e. The van der Waals surface area contributed by atoms with Crippen LogP contribution in [0.5, 0.6) is 0 Å². The van der Waals surface area contributed by atoms with E-state index in [0.717, 1.165) is 21.9 Å². The van der Waals surface area contributed by atoms with E-state index in [1.54, 1.807) is 28.8 Å². The fourth-order valence-electron chi connectivity index (χ4n) is 3.02. The highest BCUT2D eigenvalue weighted by Gasteiger charge is 2.19. The average Bonchev–Trinajstić information content (AvgIpc) is 3.50. The van der Waals surface area contributed by atoms with Gasteiger partial charge in [-0.3, -0.25) is 19.5 Å². The molecule has 0 unspecified atom stereocenters. The van der Waals surface area contributed by atoms with Crippen molar-refractivity contribution in [1.82, 2.24) is 30.3 Å². The Morgan fingerprint density at radius 2 is 1.86 bits per heavy atom. The van der Waals surface area contributed by atoms with Gasteiger partial charge in [-0.05, 0) is 36.1 Å². The molecular formula is C22H18Cl2FN7O2S3. The van der Waals surface area contributed by atoms with Gasteiger partial charge in [0.1, 0.15) is 5.82 Å². The van der Waals surface area contributed by atoms with Gasteiger partial charge in [0.25, 0.3) is 5.91 Å². The summed E-state index contributed by atoms with van der Waals surface area (Å²) in [5.74, 6) is -0.330. The largest absolute Gasteiger partial charge is 0.345 e. The van der Waals surface area contributed by atoms with Crippen molar-refractivity contribution in [3.05, 3.63) is 69.7 Å². The monoisotopic (exact) mass is 597 g/mol. The van der Waals surface area contributed by atoms with Crippen molar-refractivity contribution in [1.29, 1.82) is 0 Å². The van der Waals surface area contributed by atoms with E-state index in [1.165, 1.54) is 41.3 Å². The van der Waals surface area contributed by atoms with Gasteiger partial charge in [-0.2, -0.15) is 0 Å². The summed E-state index contributed by atoms with van der Waals surface area (Å²) in [5, 5.41) is 23.2. The molecule has 0 bridgehead atoms. The van der Waals surface area contributed by atoms with Crippen LogP contribution in [-0.4, -0.2) is 48.3 Å². The number of anilines is 1. The Morgan fingerprint density at radius 1 is 1.05 bits per heavy atom. The Bertz CT molecular complexity index is 1430. The van der Waals surface area contributed by atoms with Crippen LogP contribution in [0.2, 0.25) is 10.0 Å². The zero-order chi connectivity index (χ0) is 26.4. The molecule has 192 valence electrons. The van der Waals surface area contributed by atoms with Crippen LogP contribution in [0.4, 0.5) is 9.52 Å². The van der Waals surface area contributed by atoms with Gasteiger partial charge in [0.15, 0.2) is 15.3 Å². The van der Waals surface area contributed by atoms with Crippen LogP contribution in [0.25, 0.3) is 5.69 Å². The summed E-state index contributed by atoms with van der Waals surface area (Å²) < 4.78 is 16.4. The first-order chi connectivity index (χ1) is 17.9. The van der Waals surface area contributed by atoms with Crippen molar-refractivity contribution >= 4 is 75.0 Å². The molecule has 0 aliphatic heterocycles. The number of nitrogens with zero attached hydrogens (tertiary/aromatic N) is 5. The van der Waals surface area contributed by atoms with Crippen molar-refractivity contribution in [2.75, 3.05) is 16.8 Å². The lowest BCUT2D eigenvalue weighted by atomic mass is 10.2. The average molecular weight is 599 g/mol. The molecule has 4 rings (SSSR count). The van der Waals surface area contributed by atoms with Crippen LogP contribution in [0.3, 0.4) is 0 Å². The number of nitrogens with one attached hydrogen (secondary N) is 2. The number of rotatable bonds is 10. The number of amides is 2. The molecule has 0 saturated heterocycles. The molecule has 4 aromatic rings.